The minimum Gasteiger partial charge on any atom is -0.458 e. The zero-order valence-electron chi connectivity index (χ0n) is 28.7. The summed E-state index contributed by atoms with van der Waals surface area (Å²) in [6.07, 6.45) is 13.3. The van der Waals surface area contributed by atoms with Crippen molar-refractivity contribution in [2.24, 2.45) is 56.7 Å². The van der Waals surface area contributed by atoms with Crippen LogP contribution in [0.4, 0.5) is 0 Å². The number of aliphatic hydroxyl groups excluding tert-OH is 2. The Morgan fingerprint density at radius 1 is 0.860 bits per heavy atom. The molecule has 5 saturated carbocycles. The quantitative estimate of drug-likeness (QED) is 0.200. The number of ether oxygens (including phenoxy) is 1. The first kappa shape index (κ1) is 32.0. The molecular weight excluding hydrogens is 534 g/mol. The molecule has 5 aliphatic carbocycles. The van der Waals surface area contributed by atoms with Crippen molar-refractivity contribution >= 4 is 5.97 Å². The van der Waals surface area contributed by atoms with Gasteiger partial charge in [0.05, 0.1) is 26.2 Å². The third-order valence-corrected chi connectivity index (χ3v) is 16.3. The highest BCUT2D eigenvalue weighted by Crippen LogP contribution is 2.77. The fraction of sp³-hybridized carbons (Fsp3) is 0.921. The summed E-state index contributed by atoms with van der Waals surface area (Å²) in [5.41, 5.74) is 2.24. The molecule has 2 N–H and O–H groups in total. The molecule has 0 amide bonds. The Morgan fingerprint density at radius 2 is 1.56 bits per heavy atom. The molecule has 0 aromatic heterocycles. The summed E-state index contributed by atoms with van der Waals surface area (Å²) in [5.74, 6) is 3.00. The molecule has 5 nitrogen and oxygen atoms in total. The summed E-state index contributed by atoms with van der Waals surface area (Å²) >= 11 is 0. The molecule has 0 bridgehead atoms. The number of allylic oxidation sites excluding steroid dienone is 1. The lowest BCUT2D eigenvalue weighted by atomic mass is 9.32. The van der Waals surface area contributed by atoms with Crippen molar-refractivity contribution in [2.75, 3.05) is 33.3 Å². The number of quaternary nitrogens is 1. The monoisotopic (exact) mass is 598 g/mol. The third kappa shape index (κ3) is 4.66. The minimum atomic E-state index is -0.219. The van der Waals surface area contributed by atoms with Crippen LogP contribution in [0.25, 0.3) is 0 Å². The molecule has 1 saturated heterocycles. The van der Waals surface area contributed by atoms with Crippen LogP contribution in [0.1, 0.15) is 119 Å². The fourth-order valence-corrected chi connectivity index (χ4v) is 13.6. The Balaban J connectivity index is 1.22. The van der Waals surface area contributed by atoms with Gasteiger partial charge >= 0.3 is 5.97 Å². The zero-order chi connectivity index (χ0) is 31.2. The predicted octanol–water partition coefficient (Wildman–Crippen LogP) is 7.15. The smallest absolute Gasteiger partial charge is 0.362 e. The summed E-state index contributed by atoms with van der Waals surface area (Å²) in [5, 5.41) is 20.8. The van der Waals surface area contributed by atoms with Gasteiger partial charge in [-0.15, -0.1) is 0 Å². The number of esters is 1. The summed E-state index contributed by atoms with van der Waals surface area (Å²) in [6, 6.07) is 0. The molecule has 0 spiro atoms. The first-order valence-electron chi connectivity index (χ1n) is 18.0. The summed E-state index contributed by atoms with van der Waals surface area (Å²) in [7, 11) is 2.15. The lowest BCUT2D eigenvalue weighted by Crippen LogP contribution is -2.67. The van der Waals surface area contributed by atoms with Gasteiger partial charge in [-0.05, 0) is 122 Å². The van der Waals surface area contributed by atoms with Crippen LogP contribution in [-0.4, -0.2) is 66.2 Å². The van der Waals surface area contributed by atoms with Crippen LogP contribution in [0.3, 0.4) is 0 Å². The van der Waals surface area contributed by atoms with E-state index in [0.717, 1.165) is 38.8 Å². The van der Waals surface area contributed by atoms with Gasteiger partial charge in [0.1, 0.15) is 6.10 Å². The van der Waals surface area contributed by atoms with Crippen LogP contribution in [0.5, 0.6) is 0 Å². The van der Waals surface area contributed by atoms with E-state index >= 15 is 0 Å². The number of hydrogen-bond donors (Lipinski definition) is 2. The topological polar surface area (TPSA) is 66.8 Å². The van der Waals surface area contributed by atoms with Gasteiger partial charge in [0.15, 0.2) is 6.54 Å². The number of likely N-dealkylation sites (tertiary alicyclic amines) is 1. The Morgan fingerprint density at radius 3 is 2.21 bits per heavy atom. The molecule has 5 heteroatoms. The fourth-order valence-electron chi connectivity index (χ4n) is 13.6. The second-order valence-electron chi connectivity index (χ2n) is 18.5. The van der Waals surface area contributed by atoms with Crippen LogP contribution in [0, 0.1) is 56.7 Å². The van der Waals surface area contributed by atoms with Gasteiger partial charge in [-0.2, -0.15) is 0 Å². The molecule has 1 heterocycles. The number of carbonyl (C=O) groups excluding carboxylic acids is 1. The normalized spacial score (nSPS) is 52.3. The number of hydrogen-bond acceptors (Lipinski definition) is 4. The number of aliphatic hydroxyl groups is 2. The molecule has 43 heavy (non-hydrogen) atoms. The van der Waals surface area contributed by atoms with Crippen LogP contribution in [0.2, 0.25) is 0 Å². The van der Waals surface area contributed by atoms with E-state index in [0.29, 0.717) is 58.1 Å². The maximum atomic E-state index is 13.4. The number of fused-ring (bicyclic) bond motifs is 7. The average molecular weight is 599 g/mol. The number of likely N-dealkylation sites (N-methyl/N-ethyl adjacent to an activating group) is 1. The molecule has 244 valence electrons. The highest BCUT2D eigenvalue weighted by Gasteiger charge is 2.71. The van der Waals surface area contributed by atoms with E-state index in [4.69, 9.17) is 4.74 Å². The Kier molecular flexibility index (Phi) is 7.87. The summed E-state index contributed by atoms with van der Waals surface area (Å²) < 4.78 is 7.11. The van der Waals surface area contributed by atoms with Crippen LogP contribution in [-0.2, 0) is 9.53 Å². The molecule has 6 rings (SSSR count). The number of carbonyl (C=O) groups is 1. The Hall–Kier alpha value is -0.910. The third-order valence-electron chi connectivity index (χ3n) is 16.3. The van der Waals surface area contributed by atoms with Gasteiger partial charge in [-0.1, -0.05) is 46.8 Å². The highest BCUT2D eigenvalue weighted by atomic mass is 16.5. The van der Waals surface area contributed by atoms with Gasteiger partial charge in [0.25, 0.3) is 0 Å². The minimum absolute atomic E-state index is 0.0222. The van der Waals surface area contributed by atoms with Gasteiger partial charge in [0, 0.05) is 24.9 Å². The van der Waals surface area contributed by atoms with E-state index < -0.39 is 0 Å². The number of piperidine rings is 1. The average Bonchev–Trinajstić information content (AvgIpc) is 3.33. The van der Waals surface area contributed by atoms with Crippen molar-refractivity contribution in [1.29, 1.82) is 0 Å². The number of nitrogens with zero attached hydrogens (tertiary/aromatic N) is 1. The SMILES string of the molecule is C=C(C)C1CC[C@]2(CO)CC[C@]3(C)C(CCC4[C@@]5(C)CC[C@H](OC(=O)C[N+]6(C)CCC(O)CC6)C(C)(C)C5CC[C@]43C)C12. The molecule has 6 fully saturated rings. The van der Waals surface area contributed by atoms with Gasteiger partial charge in [0.2, 0.25) is 0 Å². The lowest BCUT2D eigenvalue weighted by Gasteiger charge is -2.73. The van der Waals surface area contributed by atoms with Gasteiger partial charge < -0.3 is 19.4 Å². The zero-order valence-corrected chi connectivity index (χ0v) is 28.7. The van der Waals surface area contributed by atoms with E-state index in [2.05, 4.69) is 55.2 Å². The summed E-state index contributed by atoms with van der Waals surface area (Å²) in [6.45, 7) is 22.0. The second kappa shape index (κ2) is 10.6. The first-order valence-corrected chi connectivity index (χ1v) is 18.0. The highest BCUT2D eigenvalue weighted by molar-refractivity contribution is 5.71. The van der Waals surface area contributed by atoms with E-state index in [1.807, 2.05) is 0 Å². The molecule has 0 radical (unpaired) electrons. The van der Waals surface area contributed by atoms with Crippen molar-refractivity contribution in [3.8, 4) is 0 Å². The maximum Gasteiger partial charge on any atom is 0.362 e. The Labute approximate surface area is 262 Å². The molecule has 6 aliphatic rings. The van der Waals surface area contributed by atoms with Crippen molar-refractivity contribution in [3.63, 3.8) is 0 Å². The van der Waals surface area contributed by atoms with Crippen LogP contribution >= 0.6 is 0 Å². The van der Waals surface area contributed by atoms with Crippen molar-refractivity contribution in [1.82, 2.24) is 0 Å². The van der Waals surface area contributed by atoms with E-state index in [1.165, 1.54) is 56.9 Å². The van der Waals surface area contributed by atoms with E-state index in [-0.39, 0.29) is 34.4 Å². The molecule has 1 aliphatic heterocycles. The number of rotatable bonds is 5. The van der Waals surface area contributed by atoms with E-state index in [1.54, 1.807) is 0 Å². The molecular formula is C38H64NO4+. The predicted molar refractivity (Wildman–Crippen MR) is 172 cm³/mol. The van der Waals surface area contributed by atoms with Crippen molar-refractivity contribution < 1.29 is 24.2 Å². The van der Waals surface area contributed by atoms with Gasteiger partial charge in [-0.25, -0.2) is 4.79 Å². The molecule has 0 aromatic carbocycles. The van der Waals surface area contributed by atoms with Crippen LogP contribution < -0.4 is 0 Å². The lowest BCUT2D eigenvalue weighted by molar-refractivity contribution is -0.908. The van der Waals surface area contributed by atoms with Crippen LogP contribution in [0.15, 0.2) is 12.2 Å². The van der Waals surface area contributed by atoms with Crippen molar-refractivity contribution in [2.45, 2.75) is 131 Å². The Bertz CT molecular complexity index is 1110. The maximum absolute atomic E-state index is 13.4. The molecule has 5 unspecified atom stereocenters. The van der Waals surface area contributed by atoms with Gasteiger partial charge in [-0.3, -0.25) is 0 Å². The molecule has 0 aromatic rings. The van der Waals surface area contributed by atoms with Crippen molar-refractivity contribution in [3.05, 3.63) is 12.2 Å². The summed E-state index contributed by atoms with van der Waals surface area (Å²) in [4.78, 5) is 13.4. The molecule has 10 atom stereocenters. The first-order chi connectivity index (χ1) is 20.1. The van der Waals surface area contributed by atoms with E-state index in [9.17, 15) is 15.0 Å². The largest absolute Gasteiger partial charge is 0.458 e. The standard InChI is InChI=1S/C38H64NO4/c1-25(2)27-11-18-38(24-40)20-19-36(6)28(33(27)38)9-10-30-35(5)16-13-31(34(3,4)29(35)12-17-37(30,36)7)43-32(42)23-39(8)21-14-26(41)15-22-39/h26-31,33,40-41H,1,9-24H2,2-8H3/q+1/t26?,27?,28?,29?,30?,31-,33?,35-,36+,37+,38+,39?/m0/s1. The second-order valence-corrected chi connectivity index (χ2v) is 18.5.